The van der Waals surface area contributed by atoms with Gasteiger partial charge in [-0.05, 0) is 49.3 Å². The van der Waals surface area contributed by atoms with Crippen LogP contribution in [0.4, 0.5) is 16.2 Å². The van der Waals surface area contributed by atoms with Gasteiger partial charge in [0.25, 0.3) is 0 Å². The third-order valence-electron chi connectivity index (χ3n) is 8.30. The van der Waals surface area contributed by atoms with Crippen LogP contribution in [-0.4, -0.2) is 73.3 Å². The van der Waals surface area contributed by atoms with Crippen LogP contribution < -0.4 is 15.1 Å². The van der Waals surface area contributed by atoms with E-state index < -0.39 is 0 Å². The predicted octanol–water partition coefficient (Wildman–Crippen LogP) is 4.93. The van der Waals surface area contributed by atoms with Gasteiger partial charge in [0.1, 0.15) is 11.3 Å². The van der Waals surface area contributed by atoms with E-state index >= 15 is 4.39 Å². The minimum absolute atomic E-state index is 0.339. The number of nitrogens with zero attached hydrogens (tertiary/aromatic N) is 5. The molecule has 0 saturated carbocycles. The topological polar surface area (TPSA) is 47.5 Å². The van der Waals surface area contributed by atoms with Gasteiger partial charge in [0.15, 0.2) is 5.82 Å². The predicted molar refractivity (Wildman–Crippen MR) is 149 cm³/mol. The summed E-state index contributed by atoms with van der Waals surface area (Å²) in [5.41, 5.74) is 1.52. The molecule has 2 atom stereocenters. The van der Waals surface area contributed by atoms with Crippen molar-refractivity contribution in [3.8, 4) is 11.1 Å². The Kier molecular flexibility index (Phi) is 5.50. The average Bonchev–Trinajstić information content (AvgIpc) is 3.20. The first-order valence-corrected chi connectivity index (χ1v) is 13.4. The number of nitrogens with one attached hydrogen (secondary N) is 1. The van der Waals surface area contributed by atoms with Gasteiger partial charge in [-0.15, -0.1) is 0 Å². The van der Waals surface area contributed by atoms with Gasteiger partial charge in [-0.3, -0.25) is 0 Å². The molecule has 4 aromatic rings. The molecule has 3 fully saturated rings. The molecule has 2 bridgehead atoms. The standard InChI is InChI=1S/C29H30ClFN6/c1-35(2)20-15-37(16-20)29-33-27-23(28(34-29)36-13-18-10-11-19(14-36)32-18)12-24(30)25(26(27)31)22-9-5-7-17-6-3-4-8-21(17)22/h3-9,12,18-20,32H,10-11,13-16H2,1-2H3/t18-,19+. The summed E-state index contributed by atoms with van der Waals surface area (Å²) in [6.45, 7) is 3.37. The van der Waals surface area contributed by atoms with Crippen LogP contribution in [0.15, 0.2) is 48.5 Å². The van der Waals surface area contributed by atoms with Crippen molar-refractivity contribution in [2.45, 2.75) is 31.0 Å². The molecule has 0 spiro atoms. The largest absolute Gasteiger partial charge is 0.353 e. The fourth-order valence-corrected chi connectivity index (χ4v) is 6.45. The van der Waals surface area contributed by atoms with Crippen LogP contribution in [0.25, 0.3) is 32.8 Å². The van der Waals surface area contributed by atoms with Crippen molar-refractivity contribution in [3.05, 3.63) is 59.4 Å². The van der Waals surface area contributed by atoms with Crippen LogP contribution in [0.2, 0.25) is 5.02 Å². The summed E-state index contributed by atoms with van der Waals surface area (Å²) in [4.78, 5) is 16.5. The Balaban J connectivity index is 1.42. The monoisotopic (exact) mass is 516 g/mol. The van der Waals surface area contributed by atoms with Gasteiger partial charge in [0.2, 0.25) is 5.95 Å². The van der Waals surface area contributed by atoms with Gasteiger partial charge in [-0.1, -0.05) is 54.1 Å². The van der Waals surface area contributed by atoms with Crippen LogP contribution in [0.5, 0.6) is 0 Å². The summed E-state index contributed by atoms with van der Waals surface area (Å²) < 4.78 is 16.6. The number of hydrogen-bond donors (Lipinski definition) is 1. The van der Waals surface area contributed by atoms with Crippen LogP contribution in [0.3, 0.4) is 0 Å². The lowest BCUT2D eigenvalue weighted by atomic mass is 9.96. The zero-order valence-corrected chi connectivity index (χ0v) is 21.8. The number of halogens is 2. The average molecular weight is 517 g/mol. The summed E-state index contributed by atoms with van der Waals surface area (Å²) >= 11 is 6.88. The lowest BCUT2D eigenvalue weighted by molar-refractivity contribution is 0.245. The first-order valence-electron chi connectivity index (χ1n) is 13.1. The molecule has 1 N–H and O–H groups in total. The summed E-state index contributed by atoms with van der Waals surface area (Å²) in [6, 6.07) is 17.1. The molecule has 37 heavy (non-hydrogen) atoms. The van der Waals surface area contributed by atoms with Crippen molar-refractivity contribution in [1.29, 1.82) is 0 Å². The van der Waals surface area contributed by atoms with Crippen molar-refractivity contribution in [3.63, 3.8) is 0 Å². The maximum absolute atomic E-state index is 16.6. The van der Waals surface area contributed by atoms with Crippen LogP contribution in [-0.2, 0) is 0 Å². The third kappa shape index (κ3) is 3.83. The number of aromatic nitrogens is 2. The Morgan fingerprint density at radius 3 is 2.41 bits per heavy atom. The fraction of sp³-hybridized carbons (Fsp3) is 0.379. The highest BCUT2D eigenvalue weighted by Crippen LogP contribution is 2.42. The van der Waals surface area contributed by atoms with Crippen molar-refractivity contribution in [2.24, 2.45) is 0 Å². The second-order valence-corrected chi connectivity index (χ2v) is 11.3. The lowest BCUT2D eigenvalue weighted by Crippen LogP contribution is -2.58. The molecule has 7 rings (SSSR count). The van der Waals surface area contributed by atoms with E-state index in [9.17, 15) is 0 Å². The van der Waals surface area contributed by atoms with Gasteiger partial charge in [0, 0.05) is 55.3 Å². The lowest BCUT2D eigenvalue weighted by Gasteiger charge is -2.43. The van der Waals surface area contributed by atoms with Gasteiger partial charge < -0.3 is 20.0 Å². The number of rotatable bonds is 4. The van der Waals surface area contributed by atoms with Gasteiger partial charge in [-0.2, -0.15) is 4.98 Å². The van der Waals surface area contributed by atoms with E-state index in [2.05, 4.69) is 34.1 Å². The molecule has 6 nitrogen and oxygen atoms in total. The van der Waals surface area contributed by atoms with E-state index in [-0.39, 0.29) is 5.82 Å². The van der Waals surface area contributed by atoms with Crippen LogP contribution in [0, 0.1) is 5.82 Å². The molecule has 0 aliphatic carbocycles. The third-order valence-corrected chi connectivity index (χ3v) is 8.60. The summed E-state index contributed by atoms with van der Waals surface area (Å²) in [5, 5.41) is 6.76. The molecule has 0 radical (unpaired) electrons. The quantitative estimate of drug-likeness (QED) is 0.415. The zero-order chi connectivity index (χ0) is 25.3. The minimum Gasteiger partial charge on any atom is -0.353 e. The molecule has 3 saturated heterocycles. The highest BCUT2D eigenvalue weighted by Gasteiger charge is 2.36. The number of piperazine rings is 1. The van der Waals surface area contributed by atoms with Crippen molar-refractivity contribution in [1.82, 2.24) is 20.2 Å². The Hall–Kier alpha value is -3.00. The molecular weight excluding hydrogens is 487 g/mol. The molecule has 3 aliphatic heterocycles. The summed E-state index contributed by atoms with van der Waals surface area (Å²) in [7, 11) is 4.17. The first kappa shape index (κ1) is 23.1. The summed E-state index contributed by atoms with van der Waals surface area (Å²) in [5.74, 6) is 1.00. The highest BCUT2D eigenvalue weighted by molar-refractivity contribution is 6.35. The fourth-order valence-electron chi connectivity index (χ4n) is 6.16. The summed E-state index contributed by atoms with van der Waals surface area (Å²) in [6.07, 6.45) is 2.32. The smallest absolute Gasteiger partial charge is 0.228 e. The minimum atomic E-state index is -0.383. The molecule has 3 aromatic carbocycles. The van der Waals surface area contributed by atoms with E-state index in [0.717, 1.165) is 61.2 Å². The van der Waals surface area contributed by atoms with Crippen LogP contribution >= 0.6 is 11.6 Å². The molecule has 190 valence electrons. The van der Waals surface area contributed by atoms with Gasteiger partial charge in [-0.25, -0.2) is 9.37 Å². The number of likely N-dealkylation sites (N-methyl/N-ethyl adjacent to an activating group) is 1. The van der Waals surface area contributed by atoms with Gasteiger partial charge in [0.05, 0.1) is 5.02 Å². The molecule has 8 heteroatoms. The second-order valence-electron chi connectivity index (χ2n) is 10.9. The zero-order valence-electron chi connectivity index (χ0n) is 21.1. The Bertz CT molecular complexity index is 1500. The Morgan fingerprint density at radius 1 is 0.919 bits per heavy atom. The normalized spacial score (nSPS) is 21.9. The van der Waals surface area contributed by atoms with Crippen molar-refractivity contribution >= 4 is 45.0 Å². The SMILES string of the molecule is CN(C)C1CN(c2nc(N3C[C@H]4CC[C@@H](C3)N4)c3cc(Cl)c(-c4cccc5ccccc45)c(F)c3n2)C1. The Morgan fingerprint density at radius 2 is 1.65 bits per heavy atom. The maximum Gasteiger partial charge on any atom is 0.228 e. The molecular formula is C29H30ClFN6. The number of hydrogen-bond acceptors (Lipinski definition) is 6. The highest BCUT2D eigenvalue weighted by atomic mass is 35.5. The van der Waals surface area contributed by atoms with Gasteiger partial charge >= 0.3 is 0 Å². The maximum atomic E-state index is 16.6. The number of fused-ring (bicyclic) bond motifs is 4. The van der Waals surface area contributed by atoms with E-state index in [1.165, 1.54) is 0 Å². The molecule has 1 aromatic heterocycles. The molecule has 3 aliphatic rings. The molecule has 4 heterocycles. The van der Waals surface area contributed by atoms with Crippen molar-refractivity contribution in [2.75, 3.05) is 50.1 Å². The second kappa shape index (κ2) is 8.79. The van der Waals surface area contributed by atoms with Crippen LogP contribution in [0.1, 0.15) is 12.8 Å². The Labute approximate surface area is 221 Å². The van der Waals surface area contributed by atoms with E-state index in [1.54, 1.807) is 0 Å². The van der Waals surface area contributed by atoms with E-state index in [4.69, 9.17) is 21.6 Å². The number of anilines is 2. The number of benzene rings is 3. The first-order chi connectivity index (χ1) is 18.0. The molecule has 0 amide bonds. The van der Waals surface area contributed by atoms with E-state index in [1.807, 2.05) is 48.5 Å². The van der Waals surface area contributed by atoms with Crippen molar-refractivity contribution < 1.29 is 4.39 Å². The van der Waals surface area contributed by atoms with E-state index in [0.29, 0.717) is 45.6 Å². The molecule has 0 unspecified atom stereocenters.